The van der Waals surface area contributed by atoms with Crippen molar-refractivity contribution in [2.45, 2.75) is 57.2 Å². The molecule has 0 spiro atoms. The molecule has 2 rings (SSSR count). The molecule has 1 amide bonds. The number of hydrogen-bond acceptors (Lipinski definition) is 3. The van der Waals surface area contributed by atoms with Gasteiger partial charge in [-0.05, 0) is 39.2 Å². The van der Waals surface area contributed by atoms with Gasteiger partial charge in [0, 0.05) is 18.5 Å². The number of carbonyl (C=O) groups is 2. The maximum absolute atomic E-state index is 12.3. The van der Waals surface area contributed by atoms with Crippen molar-refractivity contribution in [3.63, 3.8) is 0 Å². The van der Waals surface area contributed by atoms with E-state index in [-0.39, 0.29) is 24.4 Å². The van der Waals surface area contributed by atoms with Crippen LogP contribution in [-0.4, -0.2) is 46.6 Å². The summed E-state index contributed by atoms with van der Waals surface area (Å²) in [5.41, 5.74) is 0. The Balaban J connectivity index is 2.00. The Kier molecular flexibility index (Phi) is 3.66. The zero-order valence-corrected chi connectivity index (χ0v) is 10.2. The van der Waals surface area contributed by atoms with E-state index in [1.165, 1.54) is 0 Å². The largest absolute Gasteiger partial charge is 0.481 e. The Hall–Kier alpha value is -1.10. The summed E-state index contributed by atoms with van der Waals surface area (Å²) in [7, 11) is 0. The Labute approximate surface area is 101 Å². The lowest BCUT2D eigenvalue weighted by Crippen LogP contribution is -2.47. The molecule has 2 aliphatic rings. The lowest BCUT2D eigenvalue weighted by molar-refractivity contribution is -0.138. The van der Waals surface area contributed by atoms with Gasteiger partial charge < -0.3 is 15.3 Å². The molecular weight excluding hydrogens is 220 g/mol. The molecule has 1 aliphatic carbocycles. The van der Waals surface area contributed by atoms with Crippen LogP contribution < -0.4 is 5.32 Å². The van der Waals surface area contributed by atoms with Crippen molar-refractivity contribution in [3.8, 4) is 0 Å². The molecule has 2 N–H and O–H groups in total. The summed E-state index contributed by atoms with van der Waals surface area (Å²) in [5.74, 6) is -0.742. The van der Waals surface area contributed by atoms with Crippen molar-refractivity contribution in [1.29, 1.82) is 0 Å². The van der Waals surface area contributed by atoms with Crippen molar-refractivity contribution in [2.75, 3.05) is 6.54 Å². The number of hydrogen-bond donors (Lipinski definition) is 2. The molecule has 0 aromatic heterocycles. The number of carboxylic acids is 1. The fraction of sp³-hybridized carbons (Fsp3) is 0.833. The van der Waals surface area contributed by atoms with E-state index in [9.17, 15) is 9.59 Å². The van der Waals surface area contributed by atoms with Gasteiger partial charge in [-0.1, -0.05) is 0 Å². The average Bonchev–Trinajstić information content (AvgIpc) is 3.06. The average molecular weight is 240 g/mol. The molecule has 2 atom stereocenters. The standard InChI is InChI=1S/C12H20N2O3/c1-8-6-7-13-10(4-5-11(15)16)12(17)14(8)9-2-3-9/h8-10,13H,2-7H2,1H3,(H,15,16). The van der Waals surface area contributed by atoms with Gasteiger partial charge in [0.1, 0.15) is 0 Å². The summed E-state index contributed by atoms with van der Waals surface area (Å²) in [4.78, 5) is 24.9. The summed E-state index contributed by atoms with van der Waals surface area (Å²) in [5, 5.41) is 11.9. The molecule has 0 bridgehead atoms. The SMILES string of the molecule is CC1CCNC(CCC(=O)O)C(=O)N1C1CC1. The highest BCUT2D eigenvalue weighted by Crippen LogP contribution is 2.31. The highest BCUT2D eigenvalue weighted by molar-refractivity contribution is 5.83. The highest BCUT2D eigenvalue weighted by Gasteiger charge is 2.39. The van der Waals surface area contributed by atoms with Gasteiger partial charge in [0.05, 0.1) is 6.04 Å². The van der Waals surface area contributed by atoms with Crippen LogP contribution in [0.25, 0.3) is 0 Å². The van der Waals surface area contributed by atoms with Gasteiger partial charge in [0.15, 0.2) is 0 Å². The maximum Gasteiger partial charge on any atom is 0.303 e. The minimum Gasteiger partial charge on any atom is -0.481 e. The quantitative estimate of drug-likeness (QED) is 0.754. The van der Waals surface area contributed by atoms with Crippen molar-refractivity contribution >= 4 is 11.9 Å². The van der Waals surface area contributed by atoms with Crippen LogP contribution in [0.4, 0.5) is 0 Å². The van der Waals surface area contributed by atoms with Crippen LogP contribution in [0, 0.1) is 0 Å². The number of nitrogens with one attached hydrogen (secondary N) is 1. The van der Waals surface area contributed by atoms with Gasteiger partial charge in [-0.15, -0.1) is 0 Å². The van der Waals surface area contributed by atoms with Crippen molar-refractivity contribution < 1.29 is 14.7 Å². The van der Waals surface area contributed by atoms with Crippen LogP contribution in [0.15, 0.2) is 0 Å². The third-order valence-corrected chi connectivity index (χ3v) is 3.57. The Morgan fingerprint density at radius 2 is 2.18 bits per heavy atom. The zero-order chi connectivity index (χ0) is 12.4. The normalized spacial score (nSPS) is 30.2. The predicted molar refractivity (Wildman–Crippen MR) is 62.6 cm³/mol. The van der Waals surface area contributed by atoms with E-state index >= 15 is 0 Å². The van der Waals surface area contributed by atoms with Gasteiger partial charge in [-0.2, -0.15) is 0 Å². The summed E-state index contributed by atoms with van der Waals surface area (Å²) < 4.78 is 0. The monoisotopic (exact) mass is 240 g/mol. The molecule has 2 fully saturated rings. The Morgan fingerprint density at radius 1 is 1.47 bits per heavy atom. The van der Waals surface area contributed by atoms with E-state index < -0.39 is 5.97 Å². The van der Waals surface area contributed by atoms with Crippen LogP contribution in [0.1, 0.15) is 39.0 Å². The summed E-state index contributed by atoms with van der Waals surface area (Å²) in [6.07, 6.45) is 3.59. The fourth-order valence-electron chi connectivity index (χ4n) is 2.48. The van der Waals surface area contributed by atoms with Crippen LogP contribution >= 0.6 is 0 Å². The summed E-state index contributed by atoms with van der Waals surface area (Å²) >= 11 is 0. The molecule has 5 nitrogen and oxygen atoms in total. The molecule has 17 heavy (non-hydrogen) atoms. The minimum absolute atomic E-state index is 0.0519. The molecule has 1 saturated carbocycles. The smallest absolute Gasteiger partial charge is 0.303 e. The third kappa shape index (κ3) is 2.97. The molecule has 96 valence electrons. The molecule has 0 radical (unpaired) electrons. The lowest BCUT2D eigenvalue weighted by atomic mass is 10.1. The first-order valence-corrected chi connectivity index (χ1v) is 6.37. The van der Waals surface area contributed by atoms with E-state index in [1.807, 2.05) is 4.90 Å². The van der Waals surface area contributed by atoms with Gasteiger partial charge in [0.2, 0.25) is 5.91 Å². The number of amides is 1. The molecule has 1 aliphatic heterocycles. The number of carboxylic acid groups (broad SMARTS) is 1. The van der Waals surface area contributed by atoms with E-state index in [0.29, 0.717) is 12.5 Å². The molecule has 5 heteroatoms. The van der Waals surface area contributed by atoms with E-state index in [0.717, 1.165) is 25.8 Å². The molecule has 0 aromatic rings. The van der Waals surface area contributed by atoms with Crippen molar-refractivity contribution in [2.24, 2.45) is 0 Å². The first-order chi connectivity index (χ1) is 8.09. The van der Waals surface area contributed by atoms with Crippen LogP contribution in [0.5, 0.6) is 0 Å². The fourth-order valence-corrected chi connectivity index (χ4v) is 2.48. The molecular formula is C12H20N2O3. The highest BCUT2D eigenvalue weighted by atomic mass is 16.4. The second-order valence-corrected chi connectivity index (χ2v) is 5.05. The number of aliphatic carboxylic acids is 1. The Bertz CT molecular complexity index is 315. The van der Waals surface area contributed by atoms with Crippen LogP contribution in [0.3, 0.4) is 0 Å². The van der Waals surface area contributed by atoms with Crippen LogP contribution in [-0.2, 0) is 9.59 Å². The van der Waals surface area contributed by atoms with Gasteiger partial charge >= 0.3 is 5.97 Å². The minimum atomic E-state index is -0.838. The van der Waals surface area contributed by atoms with E-state index in [2.05, 4.69) is 12.2 Å². The predicted octanol–water partition coefficient (Wildman–Crippen LogP) is 0.593. The zero-order valence-electron chi connectivity index (χ0n) is 10.2. The number of nitrogens with zero attached hydrogens (tertiary/aromatic N) is 1. The van der Waals surface area contributed by atoms with Crippen LogP contribution in [0.2, 0.25) is 0 Å². The molecule has 1 saturated heterocycles. The molecule has 0 aromatic carbocycles. The first kappa shape index (κ1) is 12.4. The maximum atomic E-state index is 12.3. The Morgan fingerprint density at radius 3 is 2.76 bits per heavy atom. The number of carbonyl (C=O) groups excluding carboxylic acids is 1. The van der Waals surface area contributed by atoms with Crippen molar-refractivity contribution in [3.05, 3.63) is 0 Å². The van der Waals surface area contributed by atoms with Gasteiger partial charge in [-0.25, -0.2) is 0 Å². The van der Waals surface area contributed by atoms with E-state index in [1.54, 1.807) is 0 Å². The van der Waals surface area contributed by atoms with E-state index in [4.69, 9.17) is 5.11 Å². The number of rotatable bonds is 4. The molecule has 1 heterocycles. The lowest BCUT2D eigenvalue weighted by Gasteiger charge is -2.29. The topological polar surface area (TPSA) is 69.6 Å². The second-order valence-electron chi connectivity index (χ2n) is 5.05. The summed E-state index contributed by atoms with van der Waals surface area (Å²) in [6.45, 7) is 2.87. The third-order valence-electron chi connectivity index (χ3n) is 3.57. The summed E-state index contributed by atoms with van der Waals surface area (Å²) in [6, 6.07) is 0.374. The van der Waals surface area contributed by atoms with Crippen molar-refractivity contribution in [1.82, 2.24) is 10.2 Å². The first-order valence-electron chi connectivity index (χ1n) is 6.37. The second kappa shape index (κ2) is 5.04. The van der Waals surface area contributed by atoms with Gasteiger partial charge in [0.25, 0.3) is 0 Å². The molecule has 2 unspecified atom stereocenters. The van der Waals surface area contributed by atoms with Gasteiger partial charge in [-0.3, -0.25) is 9.59 Å².